The van der Waals surface area contributed by atoms with Crippen LogP contribution in [0.5, 0.6) is 5.75 Å². The number of Topliss-reactive ketones (excluding diaryl/α,β-unsaturated/α-hetero) is 1. The molecule has 0 saturated carbocycles. The molecule has 0 aliphatic rings. The van der Waals surface area contributed by atoms with Crippen LogP contribution < -0.4 is 4.74 Å². The number of hydrogen-bond acceptors (Lipinski definition) is 3. The Morgan fingerprint density at radius 1 is 1.40 bits per heavy atom. The Morgan fingerprint density at radius 2 is 2.05 bits per heavy atom. The molecule has 0 spiro atoms. The maximum absolute atomic E-state index is 13.0. The molecule has 0 atom stereocenters. The Kier molecular flexibility index (Phi) is 4.93. The summed E-state index contributed by atoms with van der Waals surface area (Å²) in [5.41, 5.74) is 1.16. The summed E-state index contributed by atoms with van der Waals surface area (Å²) in [6, 6.07) is 7.49. The molecular weight excluding hydrogens is 396 g/mol. The lowest BCUT2D eigenvalue weighted by Crippen LogP contribution is -2.09. The van der Waals surface area contributed by atoms with Gasteiger partial charge in [-0.1, -0.05) is 11.6 Å². The molecule has 104 valence electrons. The molecule has 1 aromatic carbocycles. The molecule has 0 N–H and O–H groups in total. The number of carbonyl (C=O) groups excluding carboxylic acids is 1. The summed E-state index contributed by atoms with van der Waals surface area (Å²) in [4.78, 5) is 15.3. The molecule has 0 bridgehead atoms. The second kappa shape index (κ2) is 6.49. The van der Waals surface area contributed by atoms with Gasteiger partial charge in [0.15, 0.2) is 11.5 Å². The van der Waals surface area contributed by atoms with Crippen LogP contribution in [0.4, 0.5) is 4.39 Å². The Hall–Kier alpha value is -1.21. The molecule has 0 amide bonds. The highest BCUT2D eigenvalue weighted by Crippen LogP contribution is 2.34. The number of carbonyl (C=O) groups is 1. The molecule has 3 nitrogen and oxygen atoms in total. The van der Waals surface area contributed by atoms with Gasteiger partial charge in [0.2, 0.25) is 0 Å². The van der Waals surface area contributed by atoms with Gasteiger partial charge in [0, 0.05) is 5.56 Å². The normalized spacial score (nSPS) is 10.4. The third-order valence-corrected chi connectivity index (χ3v) is 3.43. The van der Waals surface area contributed by atoms with E-state index >= 15 is 0 Å². The Bertz CT molecular complexity index is 646. The van der Waals surface area contributed by atoms with Crippen LogP contribution in [0.1, 0.15) is 6.92 Å². The molecule has 0 fully saturated rings. The minimum atomic E-state index is -0.336. The van der Waals surface area contributed by atoms with E-state index in [1.807, 2.05) is 0 Å². The highest BCUT2D eigenvalue weighted by molar-refractivity contribution is 14.1. The van der Waals surface area contributed by atoms with E-state index in [4.69, 9.17) is 16.3 Å². The van der Waals surface area contributed by atoms with Crippen molar-refractivity contribution in [3.05, 3.63) is 44.9 Å². The van der Waals surface area contributed by atoms with Gasteiger partial charge in [-0.25, -0.2) is 9.37 Å². The number of pyridine rings is 1. The third kappa shape index (κ3) is 3.67. The fourth-order valence-corrected chi connectivity index (χ4v) is 2.67. The van der Waals surface area contributed by atoms with Gasteiger partial charge in [-0.2, -0.15) is 0 Å². The molecule has 0 saturated heterocycles. The molecule has 0 aliphatic heterocycles. The Labute approximate surface area is 134 Å². The molecule has 1 heterocycles. The zero-order valence-electron chi connectivity index (χ0n) is 10.5. The van der Waals surface area contributed by atoms with E-state index < -0.39 is 0 Å². The van der Waals surface area contributed by atoms with Crippen LogP contribution in [0.3, 0.4) is 0 Å². The number of nitrogens with zero attached hydrogens (tertiary/aromatic N) is 1. The molecule has 2 aromatic rings. The molecule has 0 aliphatic carbocycles. The lowest BCUT2D eigenvalue weighted by molar-refractivity contribution is -0.118. The maximum atomic E-state index is 13.0. The van der Waals surface area contributed by atoms with Crippen molar-refractivity contribution in [2.24, 2.45) is 0 Å². The SMILES string of the molecule is CC(=O)COc1c(I)cc(Cl)nc1-c1ccc(F)cc1. The average Bonchev–Trinajstić information content (AvgIpc) is 2.37. The summed E-state index contributed by atoms with van der Waals surface area (Å²) in [5, 5.41) is 0.309. The highest BCUT2D eigenvalue weighted by Gasteiger charge is 2.15. The molecule has 2 rings (SSSR count). The van der Waals surface area contributed by atoms with Gasteiger partial charge < -0.3 is 4.74 Å². The van der Waals surface area contributed by atoms with Crippen molar-refractivity contribution in [2.75, 3.05) is 6.61 Å². The Morgan fingerprint density at radius 3 is 2.65 bits per heavy atom. The number of ether oxygens (including phenoxy) is 1. The fraction of sp³-hybridized carbons (Fsp3) is 0.143. The quantitative estimate of drug-likeness (QED) is 0.568. The Balaban J connectivity index is 2.49. The summed E-state index contributed by atoms with van der Waals surface area (Å²) in [7, 11) is 0. The van der Waals surface area contributed by atoms with Crippen LogP contribution in [0, 0.1) is 9.39 Å². The smallest absolute Gasteiger partial charge is 0.167 e. The van der Waals surface area contributed by atoms with E-state index in [1.54, 1.807) is 18.2 Å². The van der Waals surface area contributed by atoms with Crippen molar-refractivity contribution >= 4 is 40.0 Å². The van der Waals surface area contributed by atoms with E-state index in [2.05, 4.69) is 27.6 Å². The van der Waals surface area contributed by atoms with Gasteiger partial charge >= 0.3 is 0 Å². The summed E-state index contributed by atoms with van der Waals surface area (Å²) in [6.07, 6.45) is 0. The molecule has 0 radical (unpaired) electrons. The van der Waals surface area contributed by atoms with Crippen molar-refractivity contribution in [3.8, 4) is 17.0 Å². The van der Waals surface area contributed by atoms with Gasteiger partial charge in [0.05, 0.1) is 3.57 Å². The number of rotatable bonds is 4. The summed E-state index contributed by atoms with van der Waals surface area (Å²) in [5.74, 6) is 0.0364. The number of benzene rings is 1. The van der Waals surface area contributed by atoms with Crippen LogP contribution in [-0.2, 0) is 4.79 Å². The molecule has 20 heavy (non-hydrogen) atoms. The molecule has 6 heteroatoms. The molecule has 0 unspecified atom stereocenters. The monoisotopic (exact) mass is 405 g/mol. The number of ketones is 1. The molecule has 1 aromatic heterocycles. The van der Waals surface area contributed by atoms with E-state index in [-0.39, 0.29) is 18.2 Å². The predicted molar refractivity (Wildman–Crippen MR) is 83.5 cm³/mol. The number of halogens is 3. The van der Waals surface area contributed by atoms with E-state index in [0.717, 1.165) is 3.57 Å². The van der Waals surface area contributed by atoms with E-state index in [9.17, 15) is 9.18 Å². The molecular formula is C14H10ClFINO2. The van der Waals surface area contributed by atoms with Gasteiger partial charge in [-0.05, 0) is 59.8 Å². The van der Waals surface area contributed by atoms with Gasteiger partial charge in [0.25, 0.3) is 0 Å². The lowest BCUT2D eigenvalue weighted by Gasteiger charge is -2.12. The maximum Gasteiger partial charge on any atom is 0.167 e. The van der Waals surface area contributed by atoms with E-state index in [1.165, 1.54) is 19.1 Å². The first kappa shape index (κ1) is 15.2. The highest BCUT2D eigenvalue weighted by atomic mass is 127. The zero-order valence-corrected chi connectivity index (χ0v) is 13.4. The minimum Gasteiger partial charge on any atom is -0.482 e. The second-order valence-electron chi connectivity index (χ2n) is 4.10. The average molecular weight is 406 g/mol. The van der Waals surface area contributed by atoms with Crippen molar-refractivity contribution in [1.82, 2.24) is 4.98 Å². The number of aromatic nitrogens is 1. The largest absolute Gasteiger partial charge is 0.482 e. The first-order valence-electron chi connectivity index (χ1n) is 5.71. The van der Waals surface area contributed by atoms with Gasteiger partial charge in [0.1, 0.15) is 23.3 Å². The predicted octanol–water partition coefficient (Wildman–Crippen LogP) is 4.11. The van der Waals surface area contributed by atoms with Crippen molar-refractivity contribution in [2.45, 2.75) is 6.92 Å². The van der Waals surface area contributed by atoms with Crippen LogP contribution in [0.2, 0.25) is 5.15 Å². The third-order valence-electron chi connectivity index (χ3n) is 2.43. The zero-order chi connectivity index (χ0) is 14.7. The van der Waals surface area contributed by atoms with Crippen LogP contribution in [0.25, 0.3) is 11.3 Å². The second-order valence-corrected chi connectivity index (χ2v) is 5.65. The summed E-state index contributed by atoms with van der Waals surface area (Å²) >= 11 is 8.01. The van der Waals surface area contributed by atoms with E-state index in [0.29, 0.717) is 22.2 Å². The summed E-state index contributed by atoms with van der Waals surface area (Å²) < 4.78 is 19.2. The van der Waals surface area contributed by atoms with Crippen LogP contribution >= 0.6 is 34.2 Å². The van der Waals surface area contributed by atoms with Crippen molar-refractivity contribution in [1.29, 1.82) is 0 Å². The fourth-order valence-electron chi connectivity index (χ4n) is 1.59. The van der Waals surface area contributed by atoms with Crippen LogP contribution in [0.15, 0.2) is 30.3 Å². The van der Waals surface area contributed by atoms with Crippen molar-refractivity contribution in [3.63, 3.8) is 0 Å². The topological polar surface area (TPSA) is 39.2 Å². The lowest BCUT2D eigenvalue weighted by atomic mass is 10.1. The van der Waals surface area contributed by atoms with Gasteiger partial charge in [-0.15, -0.1) is 0 Å². The first-order valence-corrected chi connectivity index (χ1v) is 7.17. The minimum absolute atomic E-state index is 0.0481. The first-order chi connectivity index (χ1) is 9.47. The van der Waals surface area contributed by atoms with Crippen molar-refractivity contribution < 1.29 is 13.9 Å². The van der Waals surface area contributed by atoms with Gasteiger partial charge in [-0.3, -0.25) is 4.79 Å². The summed E-state index contributed by atoms with van der Waals surface area (Å²) in [6.45, 7) is 1.39. The standard InChI is InChI=1S/C14H10ClFINO2/c1-8(19)7-20-14-11(17)6-12(15)18-13(14)9-2-4-10(16)5-3-9/h2-6H,7H2,1H3. The van der Waals surface area contributed by atoms with Crippen LogP contribution in [-0.4, -0.2) is 17.4 Å². The number of hydrogen-bond donors (Lipinski definition) is 0.